The summed E-state index contributed by atoms with van der Waals surface area (Å²) >= 11 is 0. The number of amides is 2. The predicted octanol–water partition coefficient (Wildman–Crippen LogP) is 3.72. The number of carbonyl (C=O) groups excluding carboxylic acids is 2. The third-order valence-electron chi connectivity index (χ3n) is 4.77. The van der Waals surface area contributed by atoms with Crippen molar-refractivity contribution in [1.29, 1.82) is 0 Å². The molecule has 7 nitrogen and oxygen atoms in total. The van der Waals surface area contributed by atoms with Gasteiger partial charge in [-0.1, -0.05) is 6.07 Å². The fourth-order valence-electron chi connectivity index (χ4n) is 3.23. The number of benzene rings is 1. The molecular formula is C20H24N4O3. The molecule has 27 heavy (non-hydrogen) atoms. The van der Waals surface area contributed by atoms with Crippen molar-refractivity contribution in [1.82, 2.24) is 9.78 Å². The van der Waals surface area contributed by atoms with Crippen molar-refractivity contribution in [2.75, 3.05) is 23.4 Å². The van der Waals surface area contributed by atoms with Gasteiger partial charge in [0.1, 0.15) is 12.3 Å². The average Bonchev–Trinajstić information content (AvgIpc) is 3.19. The standard InChI is InChI=1S/C20H24N4O3/c1-20(2,3)24-17(12-16(22-24)13-7-8-13)18(25)21-14-5-4-6-15(11-14)23-9-10-27-19(23)26/h4-6,11-13H,7-10H2,1-3H3,(H,21,25). The van der Waals surface area contributed by atoms with Gasteiger partial charge in [0.25, 0.3) is 5.91 Å². The number of anilines is 2. The van der Waals surface area contributed by atoms with Gasteiger partial charge < -0.3 is 10.1 Å². The SMILES string of the molecule is CC(C)(C)n1nc(C2CC2)cc1C(=O)Nc1cccc(N2CCOC2=O)c1. The van der Waals surface area contributed by atoms with Gasteiger partial charge in [-0.05, 0) is 57.9 Å². The van der Waals surface area contributed by atoms with Gasteiger partial charge in [-0.2, -0.15) is 5.10 Å². The second-order valence-corrected chi connectivity index (χ2v) is 8.08. The van der Waals surface area contributed by atoms with Crippen LogP contribution in [-0.4, -0.2) is 34.9 Å². The molecule has 7 heteroatoms. The molecule has 4 rings (SSSR count). The summed E-state index contributed by atoms with van der Waals surface area (Å²) in [4.78, 5) is 26.3. The van der Waals surface area contributed by atoms with E-state index in [2.05, 4.69) is 10.4 Å². The minimum absolute atomic E-state index is 0.203. The Morgan fingerprint density at radius 2 is 2.04 bits per heavy atom. The molecule has 1 N–H and O–H groups in total. The molecule has 1 saturated carbocycles. The van der Waals surface area contributed by atoms with Crippen LogP contribution in [0.4, 0.5) is 16.2 Å². The highest BCUT2D eigenvalue weighted by atomic mass is 16.6. The average molecular weight is 368 g/mol. The summed E-state index contributed by atoms with van der Waals surface area (Å²) in [5.41, 5.74) is 2.59. The van der Waals surface area contributed by atoms with E-state index >= 15 is 0 Å². The lowest BCUT2D eigenvalue weighted by Gasteiger charge is -2.22. The minimum atomic E-state index is -0.363. The fraction of sp³-hybridized carbons (Fsp3) is 0.450. The van der Waals surface area contributed by atoms with E-state index in [1.807, 2.05) is 45.0 Å². The highest BCUT2D eigenvalue weighted by Gasteiger charge is 2.31. The monoisotopic (exact) mass is 368 g/mol. The van der Waals surface area contributed by atoms with Gasteiger partial charge in [0.05, 0.1) is 17.8 Å². The first-order valence-corrected chi connectivity index (χ1v) is 9.29. The van der Waals surface area contributed by atoms with E-state index in [1.165, 1.54) is 0 Å². The molecule has 0 atom stereocenters. The highest BCUT2D eigenvalue weighted by molar-refractivity contribution is 6.03. The number of carbonyl (C=O) groups is 2. The molecule has 0 bridgehead atoms. The van der Waals surface area contributed by atoms with Gasteiger partial charge >= 0.3 is 6.09 Å². The van der Waals surface area contributed by atoms with Gasteiger partial charge in [-0.15, -0.1) is 0 Å². The maximum Gasteiger partial charge on any atom is 0.414 e. The first kappa shape index (κ1) is 17.6. The fourth-order valence-corrected chi connectivity index (χ4v) is 3.23. The Hall–Kier alpha value is -2.83. The normalized spacial score (nSPS) is 17.1. The van der Waals surface area contributed by atoms with Crippen LogP contribution in [0.3, 0.4) is 0 Å². The van der Waals surface area contributed by atoms with Crippen molar-refractivity contribution in [3.05, 3.63) is 41.7 Å². The summed E-state index contributed by atoms with van der Waals surface area (Å²) < 4.78 is 6.79. The van der Waals surface area contributed by atoms with Crippen LogP contribution < -0.4 is 10.2 Å². The van der Waals surface area contributed by atoms with E-state index < -0.39 is 0 Å². The molecule has 2 heterocycles. The van der Waals surface area contributed by atoms with E-state index in [0.29, 0.717) is 36.1 Å². The van der Waals surface area contributed by atoms with E-state index in [4.69, 9.17) is 4.74 Å². The summed E-state index contributed by atoms with van der Waals surface area (Å²) in [6.07, 6.45) is 1.91. The molecule has 2 fully saturated rings. The van der Waals surface area contributed by atoms with E-state index in [1.54, 1.807) is 15.6 Å². The number of ether oxygens (including phenoxy) is 1. The molecule has 2 aromatic rings. The smallest absolute Gasteiger partial charge is 0.414 e. The van der Waals surface area contributed by atoms with Crippen molar-refractivity contribution in [3.8, 4) is 0 Å². The Bertz CT molecular complexity index is 893. The number of aromatic nitrogens is 2. The quantitative estimate of drug-likeness (QED) is 0.892. The van der Waals surface area contributed by atoms with Gasteiger partial charge in [-0.25, -0.2) is 4.79 Å². The molecule has 1 aromatic carbocycles. The molecule has 1 aromatic heterocycles. The lowest BCUT2D eigenvalue weighted by Crippen LogP contribution is -2.29. The highest BCUT2D eigenvalue weighted by Crippen LogP contribution is 2.40. The van der Waals surface area contributed by atoms with Crippen LogP contribution in [0.5, 0.6) is 0 Å². The third kappa shape index (κ3) is 3.54. The Balaban J connectivity index is 1.58. The van der Waals surface area contributed by atoms with Crippen molar-refractivity contribution >= 4 is 23.4 Å². The second kappa shape index (κ2) is 6.40. The Morgan fingerprint density at radius 1 is 1.26 bits per heavy atom. The van der Waals surface area contributed by atoms with Crippen LogP contribution in [0.2, 0.25) is 0 Å². The van der Waals surface area contributed by atoms with Crippen LogP contribution in [0.25, 0.3) is 0 Å². The topological polar surface area (TPSA) is 76.5 Å². The van der Waals surface area contributed by atoms with Crippen LogP contribution in [0, 0.1) is 0 Å². The van der Waals surface area contributed by atoms with Gasteiger partial charge in [0.15, 0.2) is 0 Å². The molecule has 1 aliphatic carbocycles. The van der Waals surface area contributed by atoms with E-state index in [-0.39, 0.29) is 17.5 Å². The molecule has 1 saturated heterocycles. The Kier molecular flexibility index (Phi) is 4.17. The second-order valence-electron chi connectivity index (χ2n) is 8.08. The van der Waals surface area contributed by atoms with Crippen LogP contribution >= 0.6 is 0 Å². The first-order valence-electron chi connectivity index (χ1n) is 9.29. The van der Waals surface area contributed by atoms with Gasteiger partial charge in [0, 0.05) is 17.3 Å². The zero-order chi connectivity index (χ0) is 19.2. The number of nitrogens with zero attached hydrogens (tertiary/aromatic N) is 3. The Labute approximate surface area is 158 Å². The van der Waals surface area contributed by atoms with Crippen molar-refractivity contribution in [2.45, 2.75) is 45.1 Å². The van der Waals surface area contributed by atoms with Crippen molar-refractivity contribution in [3.63, 3.8) is 0 Å². The van der Waals surface area contributed by atoms with Gasteiger partial charge in [-0.3, -0.25) is 14.4 Å². The maximum absolute atomic E-state index is 13.0. The van der Waals surface area contributed by atoms with Crippen LogP contribution in [0.15, 0.2) is 30.3 Å². The molecule has 0 spiro atoms. The molecule has 142 valence electrons. The number of hydrogen-bond donors (Lipinski definition) is 1. The minimum Gasteiger partial charge on any atom is -0.447 e. The zero-order valence-electron chi connectivity index (χ0n) is 15.9. The third-order valence-corrected chi connectivity index (χ3v) is 4.77. The van der Waals surface area contributed by atoms with Crippen LogP contribution in [-0.2, 0) is 10.3 Å². The number of hydrogen-bond acceptors (Lipinski definition) is 4. The predicted molar refractivity (Wildman–Crippen MR) is 102 cm³/mol. The summed E-state index contributed by atoms with van der Waals surface area (Å²) in [5, 5.41) is 7.63. The molecule has 2 aliphatic rings. The van der Waals surface area contributed by atoms with Crippen molar-refractivity contribution < 1.29 is 14.3 Å². The largest absolute Gasteiger partial charge is 0.447 e. The number of nitrogens with one attached hydrogen (secondary N) is 1. The van der Waals surface area contributed by atoms with E-state index in [9.17, 15) is 9.59 Å². The summed E-state index contributed by atoms with van der Waals surface area (Å²) in [6.45, 7) is 7.00. The summed E-state index contributed by atoms with van der Waals surface area (Å²) in [6, 6.07) is 9.13. The molecule has 2 amide bonds. The Morgan fingerprint density at radius 3 is 2.67 bits per heavy atom. The van der Waals surface area contributed by atoms with Gasteiger partial charge in [0.2, 0.25) is 0 Å². The first-order chi connectivity index (χ1) is 12.8. The summed E-state index contributed by atoms with van der Waals surface area (Å²) in [7, 11) is 0. The molecule has 1 aliphatic heterocycles. The summed E-state index contributed by atoms with van der Waals surface area (Å²) in [5.74, 6) is 0.273. The lowest BCUT2D eigenvalue weighted by molar-refractivity contribution is 0.100. The molecule has 0 radical (unpaired) electrons. The molecular weight excluding hydrogens is 344 g/mol. The number of cyclic esters (lactones) is 1. The lowest BCUT2D eigenvalue weighted by atomic mass is 10.1. The maximum atomic E-state index is 13.0. The molecule has 0 unspecified atom stereocenters. The van der Waals surface area contributed by atoms with Crippen molar-refractivity contribution in [2.24, 2.45) is 0 Å². The van der Waals surface area contributed by atoms with Crippen LogP contribution in [0.1, 0.15) is 55.7 Å². The van der Waals surface area contributed by atoms with E-state index in [0.717, 1.165) is 18.5 Å². The number of rotatable bonds is 4. The zero-order valence-corrected chi connectivity index (χ0v) is 15.9.